The van der Waals surface area contributed by atoms with E-state index in [0.717, 1.165) is 5.69 Å². The number of aryl methyl sites for hydroxylation is 1. The van der Waals surface area contributed by atoms with Gasteiger partial charge in [0, 0.05) is 11.3 Å². The Morgan fingerprint density at radius 1 is 1.25 bits per heavy atom. The van der Waals surface area contributed by atoms with E-state index < -0.39 is 0 Å². The Morgan fingerprint density at radius 2 is 2.00 bits per heavy atom. The van der Waals surface area contributed by atoms with Crippen molar-refractivity contribution in [3.05, 3.63) is 23.8 Å². The van der Waals surface area contributed by atoms with Gasteiger partial charge in [-0.15, -0.1) is 4.59 Å². The summed E-state index contributed by atoms with van der Waals surface area (Å²) in [6, 6.07) is 6.24. The Kier molecular flexibility index (Phi) is 1.32. The second kappa shape index (κ2) is 2.14. The number of nitrogens with zero attached hydrogens (tertiary/aromatic N) is 3. The van der Waals surface area contributed by atoms with Crippen LogP contribution in [0.3, 0.4) is 0 Å². The molecule has 0 bridgehead atoms. The van der Waals surface area contributed by atoms with Crippen LogP contribution in [-0.2, 0) is 0 Å². The fourth-order valence-electron chi connectivity index (χ4n) is 1.38. The van der Waals surface area contributed by atoms with Crippen LogP contribution in [0.15, 0.2) is 28.5 Å². The molecule has 0 amide bonds. The average molecular weight is 162 g/mol. The van der Waals surface area contributed by atoms with Crippen molar-refractivity contribution in [1.29, 1.82) is 0 Å². The Hall–Kier alpha value is -1.22. The number of benzene rings is 1. The van der Waals surface area contributed by atoms with Crippen molar-refractivity contribution in [3.8, 4) is 0 Å². The zero-order valence-corrected chi connectivity index (χ0v) is 7.57. The topological polar surface area (TPSA) is 24.7 Å². The molecule has 0 radical (unpaired) electrons. The fraction of sp³-hybridized carbons (Fsp3) is 0.333. The van der Waals surface area contributed by atoms with E-state index in [1.807, 2.05) is 14.1 Å². The van der Waals surface area contributed by atoms with Crippen LogP contribution in [0.5, 0.6) is 0 Å². The maximum atomic E-state index is 4.14. The van der Waals surface area contributed by atoms with Crippen LogP contribution in [0.2, 0.25) is 0 Å². The molecule has 3 heteroatoms. The van der Waals surface area contributed by atoms with Crippen molar-refractivity contribution < 1.29 is 0 Å². The van der Waals surface area contributed by atoms with Crippen molar-refractivity contribution in [2.75, 3.05) is 14.1 Å². The van der Waals surface area contributed by atoms with Gasteiger partial charge in [0.05, 0.1) is 14.1 Å². The van der Waals surface area contributed by atoms with Gasteiger partial charge in [-0.1, -0.05) is 11.2 Å². The van der Waals surface area contributed by atoms with Gasteiger partial charge >= 0.3 is 0 Å². The zero-order chi connectivity index (χ0) is 8.77. The quantitative estimate of drug-likeness (QED) is 0.524. The molecule has 0 aliphatic carbocycles. The summed E-state index contributed by atoms with van der Waals surface area (Å²) in [5.41, 5.74) is 3.40. The highest BCUT2D eigenvalue weighted by molar-refractivity contribution is 5.66. The molecule has 0 unspecified atom stereocenters. The summed E-state index contributed by atoms with van der Waals surface area (Å²) in [5, 5.41) is 8.25. The zero-order valence-electron chi connectivity index (χ0n) is 7.57. The predicted octanol–water partition coefficient (Wildman–Crippen LogP) is 2.57. The Labute approximate surface area is 71.9 Å². The van der Waals surface area contributed by atoms with Gasteiger partial charge in [0.25, 0.3) is 0 Å². The Bertz CT molecular complexity index is 353. The largest absolute Gasteiger partial charge is 0.188 e. The summed E-state index contributed by atoms with van der Waals surface area (Å²) in [6.07, 6.45) is 0. The van der Waals surface area contributed by atoms with E-state index in [0.29, 0.717) is 4.59 Å². The molecule has 0 aromatic heterocycles. The standard InChI is InChI=1S/C9H12N3/c1-7-4-5-9-8(6-7)10-11-12(9,2)3/h4-6H,1-3H3/q+1. The maximum Gasteiger partial charge on any atom is 0.188 e. The van der Waals surface area contributed by atoms with Gasteiger partial charge in [-0.2, -0.15) is 0 Å². The third kappa shape index (κ3) is 0.940. The van der Waals surface area contributed by atoms with E-state index in [1.165, 1.54) is 11.3 Å². The molecule has 1 aromatic rings. The first-order chi connectivity index (χ1) is 5.59. The normalized spacial score (nSPS) is 17.9. The molecule has 1 heterocycles. The first kappa shape index (κ1) is 7.43. The summed E-state index contributed by atoms with van der Waals surface area (Å²) in [5.74, 6) is 0. The van der Waals surface area contributed by atoms with Crippen molar-refractivity contribution >= 4 is 11.4 Å². The first-order valence-corrected chi connectivity index (χ1v) is 3.98. The molecule has 2 rings (SSSR count). The lowest BCUT2D eigenvalue weighted by atomic mass is 10.2. The molecule has 12 heavy (non-hydrogen) atoms. The predicted molar refractivity (Wildman–Crippen MR) is 49.3 cm³/mol. The molecule has 1 aromatic carbocycles. The minimum atomic E-state index is 0.510. The number of hydrogen-bond donors (Lipinski definition) is 0. The molecular weight excluding hydrogens is 150 g/mol. The molecular formula is C9H12N3+. The highest BCUT2D eigenvalue weighted by atomic mass is 15.7. The summed E-state index contributed by atoms with van der Waals surface area (Å²) in [7, 11) is 4.04. The van der Waals surface area contributed by atoms with Crippen molar-refractivity contribution in [2.45, 2.75) is 6.92 Å². The molecule has 0 atom stereocenters. The van der Waals surface area contributed by atoms with Crippen LogP contribution in [0, 0.1) is 6.92 Å². The lowest BCUT2D eigenvalue weighted by molar-refractivity contribution is 0.417. The molecule has 0 saturated heterocycles. The molecule has 1 aliphatic heterocycles. The van der Waals surface area contributed by atoms with Crippen LogP contribution in [0.4, 0.5) is 11.4 Å². The highest BCUT2D eigenvalue weighted by Gasteiger charge is 2.28. The second-order valence-corrected chi connectivity index (χ2v) is 3.58. The first-order valence-electron chi connectivity index (χ1n) is 3.98. The minimum absolute atomic E-state index is 0.510. The number of quaternary nitrogens is 1. The van der Waals surface area contributed by atoms with E-state index in [4.69, 9.17) is 0 Å². The average Bonchev–Trinajstić information content (AvgIpc) is 2.27. The second-order valence-electron chi connectivity index (χ2n) is 3.58. The smallest absolute Gasteiger partial charge is 0.150 e. The van der Waals surface area contributed by atoms with E-state index >= 15 is 0 Å². The molecule has 62 valence electrons. The van der Waals surface area contributed by atoms with E-state index in [-0.39, 0.29) is 0 Å². The van der Waals surface area contributed by atoms with Crippen molar-refractivity contribution in [2.24, 2.45) is 10.3 Å². The van der Waals surface area contributed by atoms with Gasteiger partial charge in [-0.05, 0) is 18.6 Å². The summed E-state index contributed by atoms with van der Waals surface area (Å²) < 4.78 is 0.510. The number of hydrogen-bond acceptors (Lipinski definition) is 2. The lowest BCUT2D eigenvalue weighted by Gasteiger charge is -2.14. The van der Waals surface area contributed by atoms with Crippen molar-refractivity contribution in [1.82, 2.24) is 4.59 Å². The van der Waals surface area contributed by atoms with Gasteiger partial charge in [0.15, 0.2) is 11.4 Å². The van der Waals surface area contributed by atoms with E-state index in [1.54, 1.807) is 0 Å². The number of fused-ring (bicyclic) bond motifs is 1. The highest BCUT2D eigenvalue weighted by Crippen LogP contribution is 2.38. The van der Waals surface area contributed by atoms with Crippen molar-refractivity contribution in [3.63, 3.8) is 0 Å². The van der Waals surface area contributed by atoms with Gasteiger partial charge in [0.1, 0.15) is 0 Å². The summed E-state index contributed by atoms with van der Waals surface area (Å²) >= 11 is 0. The summed E-state index contributed by atoms with van der Waals surface area (Å²) in [4.78, 5) is 0. The van der Waals surface area contributed by atoms with Gasteiger partial charge in [0.2, 0.25) is 0 Å². The van der Waals surface area contributed by atoms with Crippen LogP contribution < -0.4 is 4.59 Å². The SMILES string of the molecule is Cc1ccc2c(c1)N=N[N+]2(C)C. The third-order valence-corrected chi connectivity index (χ3v) is 2.10. The Morgan fingerprint density at radius 3 is 2.75 bits per heavy atom. The maximum absolute atomic E-state index is 4.14. The van der Waals surface area contributed by atoms with Crippen LogP contribution in [-0.4, -0.2) is 14.1 Å². The summed E-state index contributed by atoms with van der Waals surface area (Å²) in [6.45, 7) is 2.06. The molecule has 0 fully saturated rings. The van der Waals surface area contributed by atoms with Crippen LogP contribution >= 0.6 is 0 Å². The van der Waals surface area contributed by atoms with E-state index in [2.05, 4.69) is 35.5 Å². The molecule has 1 aliphatic rings. The monoisotopic (exact) mass is 162 g/mol. The van der Waals surface area contributed by atoms with Gasteiger partial charge < -0.3 is 0 Å². The Balaban J connectivity index is 2.62. The molecule has 0 N–H and O–H groups in total. The lowest BCUT2D eigenvalue weighted by Crippen LogP contribution is -2.30. The van der Waals surface area contributed by atoms with Gasteiger partial charge in [-0.3, -0.25) is 0 Å². The van der Waals surface area contributed by atoms with Crippen LogP contribution in [0.25, 0.3) is 0 Å². The minimum Gasteiger partial charge on any atom is -0.150 e. The van der Waals surface area contributed by atoms with E-state index in [9.17, 15) is 0 Å². The molecule has 3 nitrogen and oxygen atoms in total. The number of rotatable bonds is 0. The van der Waals surface area contributed by atoms with Gasteiger partial charge in [-0.25, -0.2) is 0 Å². The molecule has 0 spiro atoms. The fourth-order valence-corrected chi connectivity index (χ4v) is 1.38. The van der Waals surface area contributed by atoms with Crippen LogP contribution in [0.1, 0.15) is 5.56 Å². The molecule has 0 saturated carbocycles. The third-order valence-electron chi connectivity index (χ3n) is 2.10.